The number of nitrogens with zero attached hydrogens (tertiary/aromatic N) is 2. The number of hydrogen-bond acceptors (Lipinski definition) is 6. The van der Waals surface area contributed by atoms with E-state index in [0.29, 0.717) is 11.7 Å². The van der Waals surface area contributed by atoms with Crippen LogP contribution in [0.3, 0.4) is 0 Å². The lowest BCUT2D eigenvalue weighted by atomic mass is 9.97. The highest BCUT2D eigenvalue weighted by molar-refractivity contribution is 8.00. The average Bonchev–Trinajstić information content (AvgIpc) is 3.52. The van der Waals surface area contributed by atoms with Crippen LogP contribution in [0.4, 0.5) is 0 Å². The molecule has 0 spiro atoms. The first-order valence-electron chi connectivity index (χ1n) is 11.2. The Labute approximate surface area is 194 Å². The van der Waals surface area contributed by atoms with Crippen LogP contribution in [0.2, 0.25) is 0 Å². The lowest BCUT2D eigenvalue weighted by Gasteiger charge is -2.20. The van der Waals surface area contributed by atoms with E-state index >= 15 is 0 Å². The molecule has 8 heteroatoms. The first-order chi connectivity index (χ1) is 15.1. The smallest absolute Gasteiger partial charge is 0.263 e. The van der Waals surface area contributed by atoms with E-state index in [4.69, 9.17) is 4.98 Å². The van der Waals surface area contributed by atoms with Gasteiger partial charge >= 0.3 is 0 Å². The summed E-state index contributed by atoms with van der Waals surface area (Å²) in [4.78, 5) is 34.8. The molecule has 5 rings (SSSR count). The van der Waals surface area contributed by atoms with Crippen LogP contribution in [0.5, 0.6) is 0 Å². The molecule has 0 radical (unpaired) electrons. The molecule has 5 nitrogen and oxygen atoms in total. The molecule has 0 aromatic carbocycles. The summed E-state index contributed by atoms with van der Waals surface area (Å²) < 4.78 is 1.94. The summed E-state index contributed by atoms with van der Waals surface area (Å²) in [5.41, 5.74) is 1.36. The fourth-order valence-electron chi connectivity index (χ4n) is 4.71. The third-order valence-electron chi connectivity index (χ3n) is 6.35. The molecule has 0 saturated heterocycles. The number of carbonyl (C=O) groups is 1. The van der Waals surface area contributed by atoms with Crippen LogP contribution in [0, 0.1) is 0 Å². The first kappa shape index (κ1) is 21.2. The van der Waals surface area contributed by atoms with Gasteiger partial charge in [-0.15, -0.1) is 22.7 Å². The second-order valence-corrected chi connectivity index (χ2v) is 11.9. The van der Waals surface area contributed by atoms with E-state index in [0.717, 1.165) is 60.0 Å². The Balaban J connectivity index is 1.47. The number of thioether (sulfide) groups is 1. The van der Waals surface area contributed by atoms with Gasteiger partial charge in [-0.05, 0) is 62.5 Å². The van der Waals surface area contributed by atoms with Crippen molar-refractivity contribution in [1.29, 1.82) is 0 Å². The summed E-state index contributed by atoms with van der Waals surface area (Å²) in [5, 5.41) is 6.29. The van der Waals surface area contributed by atoms with Gasteiger partial charge in [-0.3, -0.25) is 14.2 Å². The number of thiophene rings is 2. The summed E-state index contributed by atoms with van der Waals surface area (Å²) >= 11 is 4.75. The number of fused-ring (bicyclic) bond motifs is 3. The fraction of sp³-hybridized carbons (Fsp3) is 0.522. The zero-order valence-electron chi connectivity index (χ0n) is 17.7. The zero-order chi connectivity index (χ0) is 21.4. The minimum absolute atomic E-state index is 0.0174. The van der Waals surface area contributed by atoms with Crippen molar-refractivity contribution in [3.8, 4) is 0 Å². The Morgan fingerprint density at radius 1 is 1.29 bits per heavy atom. The molecule has 0 aliphatic heterocycles. The highest BCUT2D eigenvalue weighted by Gasteiger charge is 2.28. The van der Waals surface area contributed by atoms with E-state index in [1.165, 1.54) is 28.6 Å². The van der Waals surface area contributed by atoms with Gasteiger partial charge in [0.05, 0.1) is 17.2 Å². The molecular weight excluding hydrogens is 446 g/mol. The molecule has 1 N–H and O–H groups in total. The van der Waals surface area contributed by atoms with Crippen molar-refractivity contribution in [3.63, 3.8) is 0 Å². The van der Waals surface area contributed by atoms with Gasteiger partial charge in [-0.25, -0.2) is 4.98 Å². The average molecular weight is 474 g/mol. The van der Waals surface area contributed by atoms with Gasteiger partial charge in [0.25, 0.3) is 5.56 Å². The third kappa shape index (κ3) is 4.22. The zero-order valence-corrected chi connectivity index (χ0v) is 20.1. The molecule has 1 fully saturated rings. The van der Waals surface area contributed by atoms with E-state index in [-0.39, 0.29) is 22.8 Å². The fourth-order valence-corrected chi connectivity index (χ4v) is 7.66. The van der Waals surface area contributed by atoms with E-state index in [1.54, 1.807) is 22.7 Å². The van der Waals surface area contributed by atoms with Gasteiger partial charge in [0.2, 0.25) is 5.91 Å². The number of carbonyl (C=O) groups excluding carboxylic acids is 1. The summed E-state index contributed by atoms with van der Waals surface area (Å²) in [7, 11) is 0. The Bertz CT molecular complexity index is 1140. The Morgan fingerprint density at radius 3 is 2.87 bits per heavy atom. The van der Waals surface area contributed by atoms with Crippen LogP contribution >= 0.6 is 34.4 Å². The standard InChI is InChI=1S/C23H27N3O2S3/c1-14(20(27)24-13-16-9-6-12-29-16)30-23-25-21-19(17-10-4-5-11-18(17)31-21)22(28)26(23)15-7-2-3-8-15/h6,9,12,14-15H,2-5,7-8,10-11,13H2,1H3,(H,24,27). The van der Waals surface area contributed by atoms with Gasteiger partial charge < -0.3 is 5.32 Å². The van der Waals surface area contributed by atoms with E-state index in [2.05, 4.69) is 5.32 Å². The van der Waals surface area contributed by atoms with Crippen molar-refractivity contribution in [2.45, 2.75) is 81.3 Å². The molecule has 3 aromatic heterocycles. The Kier molecular flexibility index (Phi) is 6.21. The van der Waals surface area contributed by atoms with Crippen LogP contribution < -0.4 is 10.9 Å². The van der Waals surface area contributed by atoms with Crippen molar-refractivity contribution in [2.75, 3.05) is 0 Å². The molecule has 2 aliphatic rings. The molecule has 2 aliphatic carbocycles. The molecule has 0 bridgehead atoms. The third-order valence-corrected chi connectivity index (χ3v) is 9.48. The molecule has 1 unspecified atom stereocenters. The lowest BCUT2D eigenvalue weighted by Crippen LogP contribution is -2.32. The SMILES string of the molecule is CC(Sc1nc2sc3c(c2c(=O)n1C1CCCC1)CCCC3)C(=O)NCc1cccs1. The normalized spacial score (nSPS) is 17.7. The van der Waals surface area contributed by atoms with E-state index < -0.39 is 0 Å². The van der Waals surface area contributed by atoms with Gasteiger partial charge in [0.1, 0.15) is 4.83 Å². The monoisotopic (exact) mass is 473 g/mol. The number of nitrogens with one attached hydrogen (secondary N) is 1. The molecule has 3 heterocycles. The van der Waals surface area contributed by atoms with Crippen LogP contribution in [0.1, 0.15) is 66.8 Å². The quantitative estimate of drug-likeness (QED) is 0.389. The Hall–Kier alpha value is -1.64. The van der Waals surface area contributed by atoms with Crippen molar-refractivity contribution in [2.24, 2.45) is 0 Å². The predicted octanol–water partition coefficient (Wildman–Crippen LogP) is 5.31. The van der Waals surface area contributed by atoms with Crippen molar-refractivity contribution >= 4 is 50.6 Å². The van der Waals surface area contributed by atoms with Crippen LogP contribution in [0.15, 0.2) is 27.5 Å². The molecular formula is C23H27N3O2S3. The number of rotatable bonds is 6. The molecule has 1 saturated carbocycles. The molecule has 1 amide bonds. The highest BCUT2D eigenvalue weighted by Crippen LogP contribution is 2.38. The number of aryl methyl sites for hydroxylation is 2. The maximum absolute atomic E-state index is 13.7. The summed E-state index contributed by atoms with van der Waals surface area (Å²) in [6.45, 7) is 2.45. The van der Waals surface area contributed by atoms with Crippen LogP contribution in [-0.2, 0) is 24.2 Å². The van der Waals surface area contributed by atoms with Gasteiger partial charge in [0.15, 0.2) is 5.16 Å². The summed E-state index contributed by atoms with van der Waals surface area (Å²) in [5.74, 6) is -0.0174. The Morgan fingerprint density at radius 2 is 2.10 bits per heavy atom. The van der Waals surface area contributed by atoms with Gasteiger partial charge in [0, 0.05) is 15.8 Å². The van der Waals surface area contributed by atoms with Gasteiger partial charge in [-0.1, -0.05) is 30.7 Å². The van der Waals surface area contributed by atoms with Crippen LogP contribution in [0.25, 0.3) is 10.2 Å². The van der Waals surface area contributed by atoms with Crippen molar-refractivity contribution in [3.05, 3.63) is 43.2 Å². The summed E-state index contributed by atoms with van der Waals surface area (Å²) in [6.07, 6.45) is 8.74. The van der Waals surface area contributed by atoms with Gasteiger partial charge in [-0.2, -0.15) is 0 Å². The van der Waals surface area contributed by atoms with E-state index in [9.17, 15) is 9.59 Å². The second kappa shape index (κ2) is 9.08. The molecule has 164 valence electrons. The number of amides is 1. The molecule has 3 aromatic rings. The summed E-state index contributed by atoms with van der Waals surface area (Å²) in [6, 6.07) is 4.21. The van der Waals surface area contributed by atoms with Crippen LogP contribution in [-0.4, -0.2) is 20.7 Å². The molecule has 31 heavy (non-hydrogen) atoms. The lowest BCUT2D eigenvalue weighted by molar-refractivity contribution is -0.120. The maximum atomic E-state index is 13.7. The minimum atomic E-state index is -0.313. The van der Waals surface area contributed by atoms with E-state index in [1.807, 2.05) is 29.0 Å². The molecule has 1 atom stereocenters. The number of aromatic nitrogens is 2. The second-order valence-electron chi connectivity index (χ2n) is 8.46. The topological polar surface area (TPSA) is 64.0 Å². The number of hydrogen-bond donors (Lipinski definition) is 1. The van der Waals surface area contributed by atoms with Crippen molar-refractivity contribution < 1.29 is 4.79 Å². The predicted molar refractivity (Wildman–Crippen MR) is 130 cm³/mol. The largest absolute Gasteiger partial charge is 0.350 e. The van der Waals surface area contributed by atoms with Crippen molar-refractivity contribution in [1.82, 2.24) is 14.9 Å². The minimum Gasteiger partial charge on any atom is -0.350 e. The highest BCUT2D eigenvalue weighted by atomic mass is 32.2. The maximum Gasteiger partial charge on any atom is 0.263 e. The first-order valence-corrected chi connectivity index (χ1v) is 13.7.